The zero-order valence-corrected chi connectivity index (χ0v) is 8.68. The van der Waals surface area contributed by atoms with Gasteiger partial charge in [0.15, 0.2) is 5.82 Å². The number of likely N-dealkylation sites (N-methyl/N-ethyl adjacent to an activating group) is 1. The normalized spacial score (nSPS) is 17.0. The van der Waals surface area contributed by atoms with Crippen LogP contribution in [0, 0.1) is 0 Å². The minimum absolute atomic E-state index is 0.103. The second kappa shape index (κ2) is 3.76. The second-order valence-electron chi connectivity index (χ2n) is 3.65. The molecule has 0 aromatic carbocycles. The molecule has 1 aliphatic rings. The van der Waals surface area contributed by atoms with E-state index in [1.165, 1.54) is 0 Å². The third-order valence-corrected chi connectivity index (χ3v) is 2.57. The molecule has 0 atom stereocenters. The van der Waals surface area contributed by atoms with Crippen LogP contribution in [0.2, 0.25) is 0 Å². The zero-order chi connectivity index (χ0) is 10.8. The first-order chi connectivity index (χ1) is 7.18. The Labute approximate surface area is 88.5 Å². The molecule has 0 radical (unpaired) electrons. The van der Waals surface area contributed by atoms with Gasteiger partial charge in [-0.2, -0.15) is 0 Å². The van der Waals surface area contributed by atoms with E-state index in [9.17, 15) is 4.79 Å². The smallest absolute Gasteiger partial charge is 0.241 e. The summed E-state index contributed by atoms with van der Waals surface area (Å²) in [6.45, 7) is 1.86. The minimum atomic E-state index is 0.103. The van der Waals surface area contributed by atoms with Crippen molar-refractivity contribution in [3.63, 3.8) is 0 Å². The number of carbonyl (C=O) groups is 1. The molecule has 1 saturated heterocycles. The molecule has 1 aromatic rings. The Balaban J connectivity index is 2.19. The lowest BCUT2D eigenvalue weighted by Gasteiger charge is -2.33. The Morgan fingerprint density at radius 3 is 2.93 bits per heavy atom. The molecule has 15 heavy (non-hydrogen) atoms. The Morgan fingerprint density at radius 2 is 2.27 bits per heavy atom. The average molecular weight is 206 g/mol. The summed E-state index contributed by atoms with van der Waals surface area (Å²) in [5.74, 6) is 0.810. The number of carbonyl (C=O) groups excluding carboxylic acids is 1. The van der Waals surface area contributed by atoms with Gasteiger partial charge < -0.3 is 15.5 Å². The molecule has 1 amide bonds. The van der Waals surface area contributed by atoms with Crippen LogP contribution in [0.15, 0.2) is 18.3 Å². The van der Waals surface area contributed by atoms with Crippen molar-refractivity contribution in [2.45, 2.75) is 0 Å². The fraction of sp³-hybridized carbons (Fsp3) is 0.400. The number of hydrogen-bond acceptors (Lipinski definition) is 4. The fourth-order valence-corrected chi connectivity index (χ4v) is 1.61. The summed E-state index contributed by atoms with van der Waals surface area (Å²) in [6.07, 6.45) is 1.69. The molecule has 1 aliphatic heterocycles. The third-order valence-electron chi connectivity index (χ3n) is 2.57. The zero-order valence-electron chi connectivity index (χ0n) is 8.68. The third kappa shape index (κ3) is 1.86. The SMILES string of the molecule is CN1CCN(c2ncccc2N)CC1=O. The van der Waals surface area contributed by atoms with E-state index in [1.54, 1.807) is 30.3 Å². The molecule has 1 aromatic heterocycles. The fourth-order valence-electron chi connectivity index (χ4n) is 1.61. The lowest BCUT2D eigenvalue weighted by atomic mass is 10.3. The van der Waals surface area contributed by atoms with E-state index in [4.69, 9.17) is 5.73 Å². The van der Waals surface area contributed by atoms with Crippen LogP contribution in [0.3, 0.4) is 0 Å². The number of pyridine rings is 1. The van der Waals surface area contributed by atoms with E-state index in [0.29, 0.717) is 18.1 Å². The predicted octanol–water partition coefficient (Wildman–Crippen LogP) is -0.0578. The molecule has 0 aliphatic carbocycles. The van der Waals surface area contributed by atoms with Crippen LogP contribution in [0.4, 0.5) is 11.5 Å². The topological polar surface area (TPSA) is 62.5 Å². The lowest BCUT2D eigenvalue weighted by Crippen LogP contribution is -2.49. The van der Waals surface area contributed by atoms with Crippen LogP contribution < -0.4 is 10.6 Å². The number of amides is 1. The maximum atomic E-state index is 11.5. The van der Waals surface area contributed by atoms with E-state index in [-0.39, 0.29) is 5.91 Å². The molecule has 5 nitrogen and oxygen atoms in total. The van der Waals surface area contributed by atoms with E-state index >= 15 is 0 Å². The van der Waals surface area contributed by atoms with Gasteiger partial charge in [-0.25, -0.2) is 4.98 Å². The standard InChI is InChI=1S/C10H14N4O/c1-13-5-6-14(7-9(13)15)10-8(11)3-2-4-12-10/h2-4H,5-7,11H2,1H3. The number of piperazine rings is 1. The van der Waals surface area contributed by atoms with Crippen LogP contribution >= 0.6 is 0 Å². The molecule has 2 N–H and O–H groups in total. The average Bonchev–Trinajstić information content (AvgIpc) is 2.23. The van der Waals surface area contributed by atoms with Gasteiger partial charge in [-0.15, -0.1) is 0 Å². The van der Waals surface area contributed by atoms with Crippen LogP contribution in [-0.4, -0.2) is 42.5 Å². The van der Waals surface area contributed by atoms with Crippen LogP contribution in [-0.2, 0) is 4.79 Å². The molecule has 1 fully saturated rings. The number of nitrogens with zero attached hydrogens (tertiary/aromatic N) is 3. The molecule has 2 heterocycles. The van der Waals surface area contributed by atoms with Gasteiger partial charge >= 0.3 is 0 Å². The quantitative estimate of drug-likeness (QED) is 0.699. The summed E-state index contributed by atoms with van der Waals surface area (Å²) in [7, 11) is 1.81. The van der Waals surface area contributed by atoms with Crippen molar-refractivity contribution >= 4 is 17.4 Å². The Kier molecular flexibility index (Phi) is 2.45. The van der Waals surface area contributed by atoms with E-state index in [1.807, 2.05) is 4.90 Å². The predicted molar refractivity (Wildman–Crippen MR) is 58.5 cm³/mol. The highest BCUT2D eigenvalue weighted by Crippen LogP contribution is 2.20. The van der Waals surface area contributed by atoms with Gasteiger partial charge in [0.1, 0.15) is 0 Å². The first-order valence-electron chi connectivity index (χ1n) is 4.88. The van der Waals surface area contributed by atoms with Crippen molar-refractivity contribution < 1.29 is 4.79 Å². The summed E-state index contributed by atoms with van der Waals surface area (Å²) in [5, 5.41) is 0. The Bertz CT molecular complexity index is 379. The molecule has 5 heteroatoms. The molecule has 0 spiro atoms. The molecule has 80 valence electrons. The summed E-state index contributed by atoms with van der Waals surface area (Å²) < 4.78 is 0. The molecule has 0 bridgehead atoms. The highest BCUT2D eigenvalue weighted by molar-refractivity contribution is 5.83. The first kappa shape index (κ1) is 9.76. The molecule has 0 saturated carbocycles. The second-order valence-corrected chi connectivity index (χ2v) is 3.65. The van der Waals surface area contributed by atoms with E-state index in [0.717, 1.165) is 13.1 Å². The highest BCUT2D eigenvalue weighted by atomic mass is 16.2. The molecule has 2 rings (SSSR count). The number of aromatic nitrogens is 1. The van der Waals surface area contributed by atoms with Crippen molar-refractivity contribution in [1.82, 2.24) is 9.88 Å². The van der Waals surface area contributed by atoms with Crippen LogP contribution in [0.1, 0.15) is 0 Å². The van der Waals surface area contributed by atoms with Gasteiger partial charge in [0.25, 0.3) is 0 Å². The number of nitrogens with two attached hydrogens (primary N) is 1. The summed E-state index contributed by atoms with van der Waals surface area (Å²) in [4.78, 5) is 19.3. The Morgan fingerprint density at radius 1 is 1.47 bits per heavy atom. The summed E-state index contributed by atoms with van der Waals surface area (Å²) >= 11 is 0. The van der Waals surface area contributed by atoms with E-state index < -0.39 is 0 Å². The van der Waals surface area contributed by atoms with Crippen molar-refractivity contribution in [2.75, 3.05) is 37.3 Å². The monoisotopic (exact) mass is 206 g/mol. The van der Waals surface area contributed by atoms with Crippen molar-refractivity contribution in [2.24, 2.45) is 0 Å². The van der Waals surface area contributed by atoms with Gasteiger partial charge in [0.2, 0.25) is 5.91 Å². The number of rotatable bonds is 1. The maximum absolute atomic E-state index is 11.5. The maximum Gasteiger partial charge on any atom is 0.241 e. The lowest BCUT2D eigenvalue weighted by molar-refractivity contribution is -0.129. The number of hydrogen-bond donors (Lipinski definition) is 1. The first-order valence-corrected chi connectivity index (χ1v) is 4.88. The van der Waals surface area contributed by atoms with E-state index in [2.05, 4.69) is 4.98 Å². The van der Waals surface area contributed by atoms with Gasteiger partial charge in [-0.3, -0.25) is 4.79 Å². The van der Waals surface area contributed by atoms with Crippen LogP contribution in [0.5, 0.6) is 0 Å². The van der Waals surface area contributed by atoms with Gasteiger partial charge in [0.05, 0.1) is 12.2 Å². The summed E-state index contributed by atoms with van der Waals surface area (Å²) in [5.41, 5.74) is 6.42. The molecular formula is C10H14N4O. The summed E-state index contributed by atoms with van der Waals surface area (Å²) in [6, 6.07) is 3.59. The molecule has 0 unspecified atom stereocenters. The van der Waals surface area contributed by atoms with Gasteiger partial charge in [0, 0.05) is 26.3 Å². The van der Waals surface area contributed by atoms with Gasteiger partial charge in [-0.05, 0) is 12.1 Å². The largest absolute Gasteiger partial charge is 0.396 e. The van der Waals surface area contributed by atoms with Crippen molar-refractivity contribution in [3.05, 3.63) is 18.3 Å². The van der Waals surface area contributed by atoms with Gasteiger partial charge in [-0.1, -0.05) is 0 Å². The number of nitrogen functional groups attached to an aromatic ring is 1. The Hall–Kier alpha value is -1.78. The number of anilines is 2. The molecular weight excluding hydrogens is 192 g/mol. The van der Waals surface area contributed by atoms with Crippen molar-refractivity contribution in [1.29, 1.82) is 0 Å². The minimum Gasteiger partial charge on any atom is -0.396 e. The highest BCUT2D eigenvalue weighted by Gasteiger charge is 2.22. The van der Waals surface area contributed by atoms with Crippen molar-refractivity contribution in [3.8, 4) is 0 Å². The van der Waals surface area contributed by atoms with Crippen LogP contribution in [0.25, 0.3) is 0 Å².